The molecule has 1 N–H and O–H groups in total. The quantitative estimate of drug-likeness (QED) is 0.458. The smallest absolute Gasteiger partial charge is 0.276 e. The van der Waals surface area contributed by atoms with Gasteiger partial charge in [-0.25, -0.2) is 0 Å². The number of hydrogen-bond donors (Lipinski definition) is 1. The highest BCUT2D eigenvalue weighted by molar-refractivity contribution is 7.80. The first-order chi connectivity index (χ1) is 14.6. The van der Waals surface area contributed by atoms with Crippen LogP contribution >= 0.6 is 12.2 Å². The number of benzene rings is 2. The monoisotopic (exact) mass is 420 g/mol. The van der Waals surface area contributed by atoms with Crippen LogP contribution in [-0.2, 0) is 17.9 Å². The number of nitrogens with one attached hydrogen (secondary N) is 1. The molecule has 1 fully saturated rings. The van der Waals surface area contributed by atoms with Crippen molar-refractivity contribution < 1.29 is 18.7 Å². The Bertz CT molecular complexity index is 1080. The molecule has 3 aromatic rings. The van der Waals surface area contributed by atoms with E-state index in [0.717, 1.165) is 11.1 Å². The zero-order valence-electron chi connectivity index (χ0n) is 16.3. The highest BCUT2D eigenvalue weighted by atomic mass is 32.1. The van der Waals surface area contributed by atoms with E-state index in [9.17, 15) is 4.79 Å². The molecular weight excluding hydrogens is 400 g/mol. The molecule has 1 aliphatic rings. The zero-order chi connectivity index (χ0) is 20.9. The maximum absolute atomic E-state index is 12.7. The van der Waals surface area contributed by atoms with Crippen LogP contribution in [0.3, 0.4) is 0 Å². The molecule has 2 heterocycles. The normalized spacial score (nSPS) is 14.8. The van der Waals surface area contributed by atoms with Gasteiger partial charge in [-0.15, -0.1) is 0 Å². The summed E-state index contributed by atoms with van der Waals surface area (Å²) >= 11 is 5.30. The molecule has 0 aliphatic carbocycles. The summed E-state index contributed by atoms with van der Waals surface area (Å²) in [6, 6.07) is 19.0. The minimum absolute atomic E-state index is 0.209. The van der Waals surface area contributed by atoms with Crippen molar-refractivity contribution in [1.82, 2.24) is 10.2 Å². The molecule has 1 aromatic heterocycles. The van der Waals surface area contributed by atoms with Crippen molar-refractivity contribution in [2.75, 3.05) is 7.11 Å². The lowest BCUT2D eigenvalue weighted by atomic mass is 10.1. The van der Waals surface area contributed by atoms with E-state index in [-0.39, 0.29) is 12.5 Å². The van der Waals surface area contributed by atoms with Gasteiger partial charge in [0.1, 0.15) is 18.1 Å². The molecule has 0 saturated carbocycles. The number of furan rings is 1. The summed E-state index contributed by atoms with van der Waals surface area (Å²) in [5, 5.41) is 3.31. The number of hydrogen-bond acceptors (Lipinski definition) is 5. The molecule has 0 unspecified atom stereocenters. The predicted molar refractivity (Wildman–Crippen MR) is 117 cm³/mol. The van der Waals surface area contributed by atoms with Gasteiger partial charge in [0.25, 0.3) is 5.91 Å². The van der Waals surface area contributed by atoms with Crippen LogP contribution in [0.4, 0.5) is 0 Å². The Morgan fingerprint density at radius 1 is 1.10 bits per heavy atom. The molecular formula is C23H20N2O4S. The largest absolute Gasteiger partial charge is 0.493 e. The number of carbonyl (C=O) groups is 1. The average molecular weight is 420 g/mol. The number of methoxy groups -OCH3 is 1. The summed E-state index contributed by atoms with van der Waals surface area (Å²) in [6.07, 6.45) is 3.30. The van der Waals surface area contributed by atoms with Crippen molar-refractivity contribution in [3.8, 4) is 11.5 Å². The van der Waals surface area contributed by atoms with Crippen LogP contribution in [0.15, 0.2) is 77.0 Å². The van der Waals surface area contributed by atoms with E-state index in [0.29, 0.717) is 34.7 Å². The minimum Gasteiger partial charge on any atom is -0.493 e. The highest BCUT2D eigenvalue weighted by Crippen LogP contribution is 2.30. The second-order valence-corrected chi connectivity index (χ2v) is 7.03. The third-order valence-corrected chi connectivity index (χ3v) is 4.91. The number of carbonyl (C=O) groups excluding carboxylic acids is 1. The molecule has 6 nitrogen and oxygen atoms in total. The fourth-order valence-corrected chi connectivity index (χ4v) is 3.33. The Labute approximate surface area is 179 Å². The number of ether oxygens (including phenoxy) is 2. The molecule has 2 aromatic carbocycles. The van der Waals surface area contributed by atoms with E-state index >= 15 is 0 Å². The van der Waals surface area contributed by atoms with Crippen molar-refractivity contribution in [3.63, 3.8) is 0 Å². The van der Waals surface area contributed by atoms with E-state index in [1.165, 1.54) is 4.90 Å². The third-order valence-electron chi connectivity index (χ3n) is 4.59. The van der Waals surface area contributed by atoms with Gasteiger partial charge in [0.05, 0.1) is 19.9 Å². The van der Waals surface area contributed by atoms with Crippen LogP contribution in [0.2, 0.25) is 0 Å². The number of amides is 1. The second-order valence-electron chi connectivity index (χ2n) is 6.64. The summed E-state index contributed by atoms with van der Waals surface area (Å²) in [4.78, 5) is 14.2. The minimum atomic E-state index is -0.209. The van der Waals surface area contributed by atoms with Gasteiger partial charge in [-0.1, -0.05) is 36.4 Å². The Morgan fingerprint density at radius 3 is 2.67 bits per heavy atom. The SMILES string of the molecule is COc1cc(/C=C2/NC(=S)N(Cc3ccco3)C2=O)ccc1OCc1ccccc1. The Balaban J connectivity index is 1.49. The van der Waals surface area contributed by atoms with Crippen LogP contribution in [0, 0.1) is 0 Å². The van der Waals surface area contributed by atoms with E-state index in [1.54, 1.807) is 31.6 Å². The van der Waals surface area contributed by atoms with Crippen molar-refractivity contribution in [2.45, 2.75) is 13.2 Å². The lowest BCUT2D eigenvalue weighted by molar-refractivity contribution is -0.122. The van der Waals surface area contributed by atoms with Gasteiger partial charge in [0, 0.05) is 0 Å². The summed E-state index contributed by atoms with van der Waals surface area (Å²) in [5.41, 5.74) is 2.25. The van der Waals surface area contributed by atoms with Crippen LogP contribution in [0.5, 0.6) is 11.5 Å². The van der Waals surface area contributed by atoms with Gasteiger partial charge in [0.2, 0.25) is 0 Å². The van der Waals surface area contributed by atoms with Crippen molar-refractivity contribution in [3.05, 3.63) is 89.5 Å². The molecule has 30 heavy (non-hydrogen) atoms. The van der Waals surface area contributed by atoms with Gasteiger partial charge in [-0.05, 0) is 53.7 Å². The fraction of sp³-hybridized carbons (Fsp3) is 0.130. The van der Waals surface area contributed by atoms with Gasteiger partial charge in [-0.3, -0.25) is 9.69 Å². The van der Waals surface area contributed by atoms with E-state index in [4.69, 9.17) is 26.1 Å². The van der Waals surface area contributed by atoms with Crippen LogP contribution in [0.25, 0.3) is 6.08 Å². The van der Waals surface area contributed by atoms with Crippen LogP contribution in [0.1, 0.15) is 16.9 Å². The molecule has 1 aliphatic heterocycles. The third kappa shape index (κ3) is 4.36. The van der Waals surface area contributed by atoms with Gasteiger partial charge in [-0.2, -0.15) is 0 Å². The maximum Gasteiger partial charge on any atom is 0.276 e. The van der Waals surface area contributed by atoms with Gasteiger partial charge >= 0.3 is 0 Å². The fourth-order valence-electron chi connectivity index (χ4n) is 3.07. The van der Waals surface area contributed by atoms with E-state index in [2.05, 4.69) is 5.32 Å². The highest BCUT2D eigenvalue weighted by Gasteiger charge is 2.31. The molecule has 4 rings (SSSR count). The van der Waals surface area contributed by atoms with Crippen molar-refractivity contribution >= 4 is 29.3 Å². The van der Waals surface area contributed by atoms with E-state index < -0.39 is 0 Å². The summed E-state index contributed by atoms with van der Waals surface area (Å²) < 4.78 is 16.7. The first-order valence-corrected chi connectivity index (χ1v) is 9.76. The lowest BCUT2D eigenvalue weighted by Gasteiger charge is -2.12. The summed E-state index contributed by atoms with van der Waals surface area (Å²) in [6.45, 7) is 0.721. The van der Waals surface area contributed by atoms with Gasteiger partial charge in [0.15, 0.2) is 16.6 Å². The van der Waals surface area contributed by atoms with Gasteiger partial charge < -0.3 is 19.2 Å². The Kier molecular flexibility index (Phi) is 5.81. The average Bonchev–Trinajstić information content (AvgIpc) is 3.37. The molecule has 0 atom stereocenters. The molecule has 0 bridgehead atoms. The summed E-state index contributed by atoms with van der Waals surface area (Å²) in [7, 11) is 1.58. The van der Waals surface area contributed by atoms with Crippen LogP contribution in [-0.4, -0.2) is 23.0 Å². The zero-order valence-corrected chi connectivity index (χ0v) is 17.1. The molecule has 7 heteroatoms. The molecule has 0 radical (unpaired) electrons. The molecule has 0 spiro atoms. The molecule has 152 valence electrons. The number of nitrogens with zero attached hydrogens (tertiary/aromatic N) is 1. The van der Waals surface area contributed by atoms with Crippen molar-refractivity contribution in [1.29, 1.82) is 0 Å². The predicted octanol–water partition coefficient (Wildman–Crippen LogP) is 4.13. The number of thiocarbonyl (C=S) groups is 1. The van der Waals surface area contributed by atoms with Crippen molar-refractivity contribution in [2.24, 2.45) is 0 Å². The Hall–Kier alpha value is -3.58. The van der Waals surface area contributed by atoms with Crippen LogP contribution < -0.4 is 14.8 Å². The maximum atomic E-state index is 12.7. The first-order valence-electron chi connectivity index (χ1n) is 9.36. The Morgan fingerprint density at radius 2 is 1.93 bits per heavy atom. The first kappa shape index (κ1) is 19.7. The topological polar surface area (TPSA) is 63.9 Å². The molecule has 1 amide bonds. The lowest BCUT2D eigenvalue weighted by Crippen LogP contribution is -2.29. The molecule has 1 saturated heterocycles. The standard InChI is InChI=1S/C23H20N2O4S/c1-27-21-13-17(9-10-20(21)29-15-16-6-3-2-4-7-16)12-19-22(26)25(23(30)24-19)14-18-8-5-11-28-18/h2-13H,14-15H2,1H3,(H,24,30)/b19-12+. The number of rotatable bonds is 7. The summed E-state index contributed by atoms with van der Waals surface area (Å²) in [5.74, 6) is 1.67. The second kappa shape index (κ2) is 8.84. The van der Waals surface area contributed by atoms with E-state index in [1.807, 2.05) is 48.5 Å².